The van der Waals surface area contributed by atoms with Gasteiger partial charge in [-0.15, -0.1) is 0 Å². The Bertz CT molecular complexity index is 965. The summed E-state index contributed by atoms with van der Waals surface area (Å²) in [5.74, 6) is -0.0858. The van der Waals surface area contributed by atoms with E-state index in [0.717, 1.165) is 25.3 Å². The molecule has 7 heteroatoms. The van der Waals surface area contributed by atoms with Gasteiger partial charge in [0.05, 0.1) is 10.0 Å². The molecule has 1 atom stereocenters. The molecule has 32 heavy (non-hydrogen) atoms. The summed E-state index contributed by atoms with van der Waals surface area (Å²) in [6.45, 7) is 4.77. The van der Waals surface area contributed by atoms with Crippen molar-refractivity contribution in [3.05, 3.63) is 69.2 Å². The first-order chi connectivity index (χ1) is 15.1. The summed E-state index contributed by atoms with van der Waals surface area (Å²) in [5.41, 5.74) is 3.20. The molecule has 2 aromatic rings. The third-order valence-corrected chi connectivity index (χ3v) is 6.45. The van der Waals surface area contributed by atoms with Crippen LogP contribution in [0, 0.1) is 5.92 Å². The highest BCUT2D eigenvalue weighted by Crippen LogP contribution is 2.33. The van der Waals surface area contributed by atoms with Crippen LogP contribution in [-0.4, -0.2) is 41.0 Å². The number of benzene rings is 2. The molecule has 1 aliphatic rings. The maximum Gasteiger partial charge on any atom is 0.328 e. The Labute approximate surface area is 199 Å². The van der Waals surface area contributed by atoms with E-state index in [4.69, 9.17) is 33.0 Å². The summed E-state index contributed by atoms with van der Waals surface area (Å²) in [4.78, 5) is 10.8. The van der Waals surface area contributed by atoms with Crippen molar-refractivity contribution in [2.24, 2.45) is 5.92 Å². The second-order valence-electron chi connectivity index (χ2n) is 8.96. The summed E-state index contributed by atoms with van der Waals surface area (Å²) < 4.78 is 5.68. The molecule has 0 aliphatic heterocycles. The van der Waals surface area contributed by atoms with Crippen molar-refractivity contribution in [3.63, 3.8) is 0 Å². The number of nitrogens with one attached hydrogen (secondary N) is 1. The minimum Gasteiger partial charge on any atom is -0.491 e. The molecule has 0 radical (unpaired) electrons. The largest absolute Gasteiger partial charge is 0.491 e. The molecule has 0 amide bonds. The monoisotopic (exact) mass is 477 g/mol. The first-order valence-corrected chi connectivity index (χ1v) is 11.4. The highest BCUT2D eigenvalue weighted by molar-refractivity contribution is 6.43. The number of aliphatic hydroxyl groups excluding tert-OH is 1. The number of carbonyl (C=O) groups is 1. The van der Waals surface area contributed by atoms with E-state index in [0.29, 0.717) is 23.8 Å². The lowest BCUT2D eigenvalue weighted by Gasteiger charge is -2.30. The van der Waals surface area contributed by atoms with Gasteiger partial charge in [-0.1, -0.05) is 47.5 Å². The number of fused-ring (bicyclic) bond motifs is 1. The predicted octanol–water partition coefficient (Wildman–Crippen LogP) is 5.00. The molecule has 172 valence electrons. The van der Waals surface area contributed by atoms with Crippen LogP contribution in [0.1, 0.15) is 37.0 Å². The summed E-state index contributed by atoms with van der Waals surface area (Å²) >= 11 is 12.2. The second-order valence-corrected chi connectivity index (χ2v) is 9.74. The normalized spacial score (nSPS) is 15.2. The first kappa shape index (κ1) is 24.6. The van der Waals surface area contributed by atoms with Crippen molar-refractivity contribution in [2.45, 2.75) is 44.8 Å². The standard InChI is InChI=1S/C25H29Cl2NO4/c1-25(2,13-16-9-17-5-3-4-6-18(17)10-16)28-14-20(29)15-32-21-11-19(7-8-23(30)31)24(27)22(26)12-21/h3-8,11-12,16,20,28-29H,9-10,13-15H2,1-2H3,(H,30,31)/t20-/m1/s1. The number of hydrogen-bond donors (Lipinski definition) is 3. The molecule has 0 saturated carbocycles. The second kappa shape index (κ2) is 10.7. The number of carboxylic acids is 1. The summed E-state index contributed by atoms with van der Waals surface area (Å²) in [7, 11) is 0. The Morgan fingerprint density at radius 2 is 1.91 bits per heavy atom. The number of halogens is 2. The van der Waals surface area contributed by atoms with E-state index >= 15 is 0 Å². The van der Waals surface area contributed by atoms with E-state index < -0.39 is 12.1 Å². The van der Waals surface area contributed by atoms with Crippen LogP contribution in [0.5, 0.6) is 5.75 Å². The first-order valence-electron chi connectivity index (χ1n) is 10.7. The zero-order valence-electron chi connectivity index (χ0n) is 18.3. The number of aliphatic carboxylic acids is 1. The van der Waals surface area contributed by atoms with Crippen LogP contribution in [0.15, 0.2) is 42.5 Å². The van der Waals surface area contributed by atoms with Crippen molar-refractivity contribution in [2.75, 3.05) is 13.2 Å². The average molecular weight is 478 g/mol. The van der Waals surface area contributed by atoms with Crippen molar-refractivity contribution >= 4 is 35.2 Å². The zero-order valence-corrected chi connectivity index (χ0v) is 19.8. The lowest BCUT2D eigenvalue weighted by atomic mass is 9.88. The van der Waals surface area contributed by atoms with Gasteiger partial charge in [0.15, 0.2) is 0 Å². The van der Waals surface area contributed by atoms with E-state index in [2.05, 4.69) is 43.4 Å². The predicted molar refractivity (Wildman–Crippen MR) is 129 cm³/mol. The molecule has 3 rings (SSSR count). The molecule has 0 unspecified atom stereocenters. The van der Waals surface area contributed by atoms with Crippen LogP contribution in [-0.2, 0) is 17.6 Å². The maximum atomic E-state index is 10.8. The number of β-amino-alcohol motifs (C(OH)–C–C–N with tert-alkyl or cyclic N) is 1. The fourth-order valence-corrected chi connectivity index (χ4v) is 4.57. The Kier molecular flexibility index (Phi) is 8.23. The smallest absolute Gasteiger partial charge is 0.328 e. The van der Waals surface area contributed by atoms with Crippen LogP contribution in [0.25, 0.3) is 6.08 Å². The van der Waals surface area contributed by atoms with Crippen LogP contribution in [0.3, 0.4) is 0 Å². The number of ether oxygens (including phenoxy) is 1. The molecule has 0 spiro atoms. The molecule has 0 fully saturated rings. The molecule has 1 aliphatic carbocycles. The quantitative estimate of drug-likeness (QED) is 0.419. The molecule has 0 bridgehead atoms. The van der Waals surface area contributed by atoms with Crippen LogP contribution < -0.4 is 10.1 Å². The van der Waals surface area contributed by atoms with Crippen molar-refractivity contribution in [3.8, 4) is 5.75 Å². The number of aliphatic hydroxyl groups is 1. The molecular weight excluding hydrogens is 449 g/mol. The fourth-order valence-electron chi connectivity index (χ4n) is 4.18. The van der Waals surface area contributed by atoms with E-state index in [9.17, 15) is 9.90 Å². The van der Waals surface area contributed by atoms with Gasteiger partial charge < -0.3 is 20.3 Å². The summed E-state index contributed by atoms with van der Waals surface area (Å²) in [6.07, 6.45) is 4.83. The topological polar surface area (TPSA) is 78.8 Å². The summed E-state index contributed by atoms with van der Waals surface area (Å²) in [5, 5.41) is 23.2. The van der Waals surface area contributed by atoms with Crippen LogP contribution in [0.2, 0.25) is 10.0 Å². The third kappa shape index (κ3) is 6.97. The van der Waals surface area contributed by atoms with E-state index in [1.165, 1.54) is 17.2 Å². The molecule has 0 heterocycles. The van der Waals surface area contributed by atoms with Gasteiger partial charge in [0.2, 0.25) is 0 Å². The molecule has 2 aromatic carbocycles. The SMILES string of the molecule is CC(C)(CC1Cc2ccccc2C1)NC[C@@H](O)COc1cc(Cl)c(Cl)c(C=CC(=O)O)c1. The van der Waals surface area contributed by atoms with Crippen molar-refractivity contribution < 1.29 is 19.7 Å². The lowest BCUT2D eigenvalue weighted by molar-refractivity contribution is -0.131. The van der Waals surface area contributed by atoms with Gasteiger partial charge in [-0.25, -0.2) is 4.79 Å². The van der Waals surface area contributed by atoms with Gasteiger partial charge in [-0.05, 0) is 67.9 Å². The van der Waals surface area contributed by atoms with E-state index in [1.54, 1.807) is 12.1 Å². The Balaban J connectivity index is 1.48. The average Bonchev–Trinajstić information content (AvgIpc) is 3.13. The minimum atomic E-state index is -1.09. The zero-order chi connectivity index (χ0) is 23.3. The van der Waals surface area contributed by atoms with Crippen molar-refractivity contribution in [1.82, 2.24) is 5.32 Å². The van der Waals surface area contributed by atoms with Gasteiger partial charge in [0.1, 0.15) is 18.5 Å². The molecular formula is C25H29Cl2NO4. The Morgan fingerprint density at radius 3 is 2.53 bits per heavy atom. The molecule has 3 N–H and O–H groups in total. The molecule has 5 nitrogen and oxygen atoms in total. The van der Waals surface area contributed by atoms with Crippen LogP contribution in [0.4, 0.5) is 0 Å². The van der Waals surface area contributed by atoms with Crippen molar-refractivity contribution in [1.29, 1.82) is 0 Å². The Hall–Kier alpha value is -2.05. The van der Waals surface area contributed by atoms with E-state index in [1.807, 2.05) is 0 Å². The van der Waals surface area contributed by atoms with Gasteiger partial charge >= 0.3 is 5.97 Å². The minimum absolute atomic E-state index is 0.0675. The molecule has 0 saturated heterocycles. The van der Waals surface area contributed by atoms with Crippen LogP contribution >= 0.6 is 23.2 Å². The number of carboxylic acid groups (broad SMARTS) is 1. The van der Waals surface area contributed by atoms with Gasteiger partial charge in [-0.3, -0.25) is 0 Å². The summed E-state index contributed by atoms with van der Waals surface area (Å²) in [6, 6.07) is 11.8. The number of rotatable bonds is 10. The van der Waals surface area contributed by atoms with E-state index in [-0.39, 0.29) is 22.2 Å². The lowest BCUT2D eigenvalue weighted by Crippen LogP contribution is -2.46. The highest BCUT2D eigenvalue weighted by Gasteiger charge is 2.28. The number of hydrogen-bond acceptors (Lipinski definition) is 4. The van der Waals surface area contributed by atoms with Gasteiger partial charge in [0, 0.05) is 24.2 Å². The Morgan fingerprint density at radius 1 is 1.25 bits per heavy atom. The fraction of sp³-hybridized carbons (Fsp3) is 0.400. The third-order valence-electron chi connectivity index (χ3n) is 5.63. The molecule has 0 aromatic heterocycles. The van der Waals surface area contributed by atoms with Gasteiger partial charge in [-0.2, -0.15) is 0 Å². The maximum absolute atomic E-state index is 10.8. The highest BCUT2D eigenvalue weighted by atomic mass is 35.5. The van der Waals surface area contributed by atoms with Gasteiger partial charge in [0.25, 0.3) is 0 Å².